The van der Waals surface area contributed by atoms with Gasteiger partial charge in [-0.2, -0.15) is 5.10 Å². The number of likely N-dealkylation sites (tertiary alicyclic amines) is 1. The number of aromatic nitrogens is 2. The molecule has 2 aromatic carbocycles. The Morgan fingerprint density at radius 2 is 1.60 bits per heavy atom. The largest absolute Gasteiger partial charge is 0.457 e. The average Bonchev–Trinajstić information content (AvgIpc) is 3.28. The predicted molar refractivity (Wildman–Crippen MR) is 110 cm³/mol. The molecular weight excluding hydrogens is 380 g/mol. The fraction of sp³-hybridized carbons (Fsp3) is 0.261. The first-order chi connectivity index (χ1) is 14.6. The van der Waals surface area contributed by atoms with Gasteiger partial charge in [0, 0.05) is 35.8 Å². The molecule has 2 aliphatic rings. The lowest BCUT2D eigenvalue weighted by atomic mass is 9.85. The van der Waals surface area contributed by atoms with Gasteiger partial charge in [-0.15, -0.1) is 0 Å². The molecule has 0 aliphatic carbocycles. The van der Waals surface area contributed by atoms with Gasteiger partial charge >= 0.3 is 0 Å². The number of H-pyrrole nitrogens is 1. The molecule has 152 valence electrons. The van der Waals surface area contributed by atoms with Crippen LogP contribution < -0.4 is 10.5 Å². The average molecular weight is 402 g/mol. The molecule has 0 atom stereocenters. The summed E-state index contributed by atoms with van der Waals surface area (Å²) in [4.78, 5) is 26.8. The third-order valence-electron chi connectivity index (χ3n) is 6.02. The second-order valence-corrected chi connectivity index (χ2v) is 7.78. The number of hydrogen-bond acceptors (Lipinski definition) is 4. The van der Waals surface area contributed by atoms with Crippen LogP contribution in [-0.2, 0) is 4.79 Å². The first-order valence-electron chi connectivity index (χ1n) is 10.1. The molecule has 0 radical (unpaired) electrons. The first kappa shape index (κ1) is 18.4. The second kappa shape index (κ2) is 7.33. The van der Waals surface area contributed by atoms with E-state index < -0.39 is 5.91 Å². The van der Waals surface area contributed by atoms with Gasteiger partial charge in [-0.1, -0.05) is 36.4 Å². The zero-order chi connectivity index (χ0) is 20.7. The summed E-state index contributed by atoms with van der Waals surface area (Å²) in [5, 5.41) is 6.89. The number of rotatable bonds is 3. The van der Waals surface area contributed by atoms with Crippen LogP contribution in [0.5, 0.6) is 11.5 Å². The Hall–Kier alpha value is -3.61. The number of nitrogens with two attached hydrogens (primary N) is 1. The zero-order valence-electron chi connectivity index (χ0n) is 16.4. The SMILES string of the molecule is NC(=O)c1cc(C2CCN(C(=O)C3c4ccccc4Oc4ccccc43)CC2)[nH]n1. The predicted octanol–water partition coefficient (Wildman–Crippen LogP) is 3.15. The van der Waals surface area contributed by atoms with Gasteiger partial charge in [-0.05, 0) is 31.0 Å². The van der Waals surface area contributed by atoms with Crippen molar-refractivity contribution in [2.45, 2.75) is 24.7 Å². The molecule has 0 saturated carbocycles. The summed E-state index contributed by atoms with van der Waals surface area (Å²) in [6.45, 7) is 1.30. The van der Waals surface area contributed by atoms with Crippen LogP contribution in [0.4, 0.5) is 0 Å². The molecule has 0 spiro atoms. The van der Waals surface area contributed by atoms with Crippen LogP contribution in [0.3, 0.4) is 0 Å². The molecule has 7 heteroatoms. The fourth-order valence-electron chi connectivity index (χ4n) is 4.44. The highest BCUT2D eigenvalue weighted by molar-refractivity contribution is 5.91. The summed E-state index contributed by atoms with van der Waals surface area (Å²) in [6.07, 6.45) is 1.61. The number of primary amides is 1. The molecule has 0 unspecified atom stereocenters. The van der Waals surface area contributed by atoms with Crippen LogP contribution in [0.15, 0.2) is 54.6 Å². The number of carbonyl (C=O) groups excluding carboxylic acids is 2. The topological polar surface area (TPSA) is 101 Å². The fourth-order valence-corrected chi connectivity index (χ4v) is 4.44. The summed E-state index contributed by atoms with van der Waals surface area (Å²) in [5.74, 6) is 0.892. The Bertz CT molecular complexity index is 1070. The normalized spacial score (nSPS) is 16.5. The number of fused-ring (bicyclic) bond motifs is 2. The Kier molecular flexibility index (Phi) is 4.50. The number of piperidine rings is 1. The van der Waals surface area contributed by atoms with Crippen molar-refractivity contribution in [2.24, 2.45) is 5.73 Å². The van der Waals surface area contributed by atoms with E-state index in [2.05, 4.69) is 10.2 Å². The molecule has 2 amide bonds. The number of nitrogens with one attached hydrogen (secondary N) is 1. The van der Waals surface area contributed by atoms with E-state index in [1.165, 1.54) is 0 Å². The Morgan fingerprint density at radius 1 is 1.00 bits per heavy atom. The molecule has 30 heavy (non-hydrogen) atoms. The van der Waals surface area contributed by atoms with E-state index in [0.717, 1.165) is 41.2 Å². The highest BCUT2D eigenvalue weighted by Crippen LogP contribution is 2.45. The lowest BCUT2D eigenvalue weighted by Crippen LogP contribution is -2.41. The van der Waals surface area contributed by atoms with E-state index in [4.69, 9.17) is 10.5 Å². The summed E-state index contributed by atoms with van der Waals surface area (Å²) >= 11 is 0. The van der Waals surface area contributed by atoms with E-state index in [1.54, 1.807) is 6.07 Å². The maximum absolute atomic E-state index is 13.6. The van der Waals surface area contributed by atoms with E-state index in [1.807, 2.05) is 53.4 Å². The third kappa shape index (κ3) is 3.12. The molecule has 1 aromatic heterocycles. The van der Waals surface area contributed by atoms with Crippen LogP contribution >= 0.6 is 0 Å². The summed E-state index contributed by atoms with van der Waals surface area (Å²) < 4.78 is 6.02. The molecular formula is C23H22N4O3. The van der Waals surface area contributed by atoms with Crippen LogP contribution in [-0.4, -0.2) is 40.0 Å². The Balaban J connectivity index is 1.37. The monoisotopic (exact) mass is 402 g/mol. The van der Waals surface area contributed by atoms with Crippen LogP contribution in [0.1, 0.15) is 52.0 Å². The van der Waals surface area contributed by atoms with Gasteiger partial charge in [-0.3, -0.25) is 14.7 Å². The number of amides is 2. The second-order valence-electron chi connectivity index (χ2n) is 7.78. The molecule has 1 fully saturated rings. The number of benzene rings is 2. The minimum atomic E-state index is -0.540. The van der Waals surface area contributed by atoms with Crippen molar-refractivity contribution in [2.75, 3.05) is 13.1 Å². The van der Waals surface area contributed by atoms with Gasteiger partial charge in [0.05, 0.1) is 5.92 Å². The van der Waals surface area contributed by atoms with Crippen molar-refractivity contribution in [3.8, 4) is 11.5 Å². The van der Waals surface area contributed by atoms with E-state index in [-0.39, 0.29) is 23.4 Å². The number of aromatic amines is 1. The third-order valence-corrected chi connectivity index (χ3v) is 6.02. The molecule has 3 N–H and O–H groups in total. The summed E-state index contributed by atoms with van der Waals surface area (Å²) in [7, 11) is 0. The Morgan fingerprint density at radius 3 is 2.17 bits per heavy atom. The van der Waals surface area contributed by atoms with Gasteiger partial charge < -0.3 is 15.4 Å². The van der Waals surface area contributed by atoms with Crippen molar-refractivity contribution in [3.05, 3.63) is 77.1 Å². The number of nitrogens with zero attached hydrogens (tertiary/aromatic N) is 2. The lowest BCUT2D eigenvalue weighted by Gasteiger charge is -2.36. The number of hydrogen-bond donors (Lipinski definition) is 2. The van der Waals surface area contributed by atoms with Crippen molar-refractivity contribution in [1.82, 2.24) is 15.1 Å². The molecule has 3 heterocycles. The molecule has 5 rings (SSSR count). The maximum Gasteiger partial charge on any atom is 0.269 e. The summed E-state index contributed by atoms with van der Waals surface area (Å²) in [6, 6.07) is 17.2. The Labute approximate surface area is 173 Å². The van der Waals surface area contributed by atoms with Gasteiger partial charge in [-0.25, -0.2) is 0 Å². The van der Waals surface area contributed by atoms with Gasteiger partial charge in [0.2, 0.25) is 5.91 Å². The quantitative estimate of drug-likeness (QED) is 0.703. The minimum Gasteiger partial charge on any atom is -0.457 e. The number of carbonyl (C=O) groups is 2. The van der Waals surface area contributed by atoms with Crippen molar-refractivity contribution in [3.63, 3.8) is 0 Å². The highest BCUT2D eigenvalue weighted by atomic mass is 16.5. The van der Waals surface area contributed by atoms with E-state index in [9.17, 15) is 9.59 Å². The smallest absolute Gasteiger partial charge is 0.269 e. The van der Waals surface area contributed by atoms with Gasteiger partial charge in [0.1, 0.15) is 17.2 Å². The van der Waals surface area contributed by atoms with Gasteiger partial charge in [0.15, 0.2) is 0 Å². The van der Waals surface area contributed by atoms with E-state index in [0.29, 0.717) is 13.1 Å². The summed E-state index contributed by atoms with van der Waals surface area (Å²) in [5.41, 5.74) is 8.26. The van der Waals surface area contributed by atoms with Crippen molar-refractivity contribution >= 4 is 11.8 Å². The van der Waals surface area contributed by atoms with Crippen molar-refractivity contribution < 1.29 is 14.3 Å². The van der Waals surface area contributed by atoms with Gasteiger partial charge in [0.25, 0.3) is 5.91 Å². The molecule has 1 saturated heterocycles. The van der Waals surface area contributed by atoms with Crippen LogP contribution in [0.2, 0.25) is 0 Å². The standard InChI is InChI=1S/C23H22N4O3/c24-22(28)18-13-17(25-26-18)14-9-11-27(12-10-14)23(29)21-15-5-1-3-7-19(15)30-20-8-4-2-6-16(20)21/h1-8,13-14,21H,9-12H2,(H2,24,28)(H,25,26). The molecule has 0 bridgehead atoms. The molecule has 2 aliphatic heterocycles. The molecule has 3 aromatic rings. The van der Waals surface area contributed by atoms with E-state index >= 15 is 0 Å². The maximum atomic E-state index is 13.6. The highest BCUT2D eigenvalue weighted by Gasteiger charge is 2.36. The number of ether oxygens (including phenoxy) is 1. The number of para-hydroxylation sites is 2. The lowest BCUT2D eigenvalue weighted by molar-refractivity contribution is -0.133. The first-order valence-corrected chi connectivity index (χ1v) is 10.1. The molecule has 7 nitrogen and oxygen atoms in total. The van der Waals surface area contributed by atoms with Crippen LogP contribution in [0.25, 0.3) is 0 Å². The minimum absolute atomic E-state index is 0.0964. The zero-order valence-corrected chi connectivity index (χ0v) is 16.4. The van der Waals surface area contributed by atoms with Crippen LogP contribution in [0, 0.1) is 0 Å². The van der Waals surface area contributed by atoms with Crippen molar-refractivity contribution in [1.29, 1.82) is 0 Å².